The van der Waals surface area contributed by atoms with Gasteiger partial charge in [0.15, 0.2) is 0 Å². The monoisotopic (exact) mass is 371 g/mol. The quantitative estimate of drug-likeness (QED) is 0.547. The number of hydrogen-bond acceptors (Lipinski definition) is 5. The Balaban J connectivity index is 1.99. The van der Waals surface area contributed by atoms with Crippen molar-refractivity contribution < 1.29 is 19.2 Å². The normalized spacial score (nSPS) is 11.3. The second-order valence-electron chi connectivity index (χ2n) is 5.78. The summed E-state index contributed by atoms with van der Waals surface area (Å²) in [6.07, 6.45) is -0.526. The maximum absolute atomic E-state index is 12.2. The van der Waals surface area contributed by atoms with Crippen LogP contribution in [0.2, 0.25) is 0 Å². The summed E-state index contributed by atoms with van der Waals surface area (Å²) < 4.78 is 5.16. The zero-order valence-electron chi connectivity index (χ0n) is 14.9. The Kier molecular flexibility index (Phi) is 7.30. The van der Waals surface area contributed by atoms with Crippen LogP contribution in [-0.4, -0.2) is 29.5 Å². The van der Waals surface area contributed by atoms with E-state index in [0.29, 0.717) is 12.1 Å². The smallest absolute Gasteiger partial charge is 0.408 e. The van der Waals surface area contributed by atoms with E-state index in [0.717, 1.165) is 5.56 Å². The van der Waals surface area contributed by atoms with E-state index in [-0.39, 0.29) is 24.6 Å². The van der Waals surface area contributed by atoms with E-state index in [4.69, 9.17) is 4.74 Å². The predicted molar refractivity (Wildman–Crippen MR) is 99.0 cm³/mol. The van der Waals surface area contributed by atoms with Crippen LogP contribution in [0.25, 0.3) is 0 Å². The number of non-ortho nitro benzene ring substituents is 1. The number of carbonyl (C=O) groups is 2. The van der Waals surface area contributed by atoms with Gasteiger partial charge in [-0.05, 0) is 18.1 Å². The average molecular weight is 371 g/mol. The fraction of sp³-hybridized carbons (Fsp3) is 0.263. The van der Waals surface area contributed by atoms with Crippen molar-refractivity contribution >= 4 is 17.7 Å². The highest BCUT2D eigenvalue weighted by atomic mass is 16.6. The van der Waals surface area contributed by atoms with Crippen LogP contribution < -0.4 is 10.6 Å². The number of ether oxygens (including phenoxy) is 1. The topological polar surface area (TPSA) is 111 Å². The lowest BCUT2D eigenvalue weighted by Crippen LogP contribution is -2.48. The molecular weight excluding hydrogens is 350 g/mol. The highest BCUT2D eigenvalue weighted by Gasteiger charge is 2.22. The minimum atomic E-state index is -0.852. The molecule has 0 radical (unpaired) electrons. The molecule has 1 atom stereocenters. The van der Waals surface area contributed by atoms with Crippen molar-refractivity contribution in [1.82, 2.24) is 10.6 Å². The number of alkyl carbamates (subject to hydrolysis) is 1. The molecule has 8 nitrogen and oxygen atoms in total. The first kappa shape index (κ1) is 19.9. The molecule has 0 aliphatic carbocycles. The highest BCUT2D eigenvalue weighted by Crippen LogP contribution is 2.13. The van der Waals surface area contributed by atoms with Gasteiger partial charge in [-0.3, -0.25) is 14.9 Å². The summed E-state index contributed by atoms with van der Waals surface area (Å²) >= 11 is 0. The Labute approximate surface area is 156 Å². The number of nitro benzene ring substituents is 1. The van der Waals surface area contributed by atoms with Gasteiger partial charge in [0, 0.05) is 25.1 Å². The molecule has 2 rings (SSSR count). The van der Waals surface area contributed by atoms with Crippen LogP contribution in [0.3, 0.4) is 0 Å². The van der Waals surface area contributed by atoms with Gasteiger partial charge in [-0.15, -0.1) is 0 Å². The van der Waals surface area contributed by atoms with Crippen molar-refractivity contribution in [1.29, 1.82) is 0 Å². The molecule has 0 saturated carbocycles. The highest BCUT2D eigenvalue weighted by molar-refractivity contribution is 5.85. The van der Waals surface area contributed by atoms with Crippen LogP contribution in [0.1, 0.15) is 18.1 Å². The number of rotatable bonds is 8. The fourth-order valence-corrected chi connectivity index (χ4v) is 2.40. The fourth-order valence-electron chi connectivity index (χ4n) is 2.40. The summed E-state index contributed by atoms with van der Waals surface area (Å²) in [5, 5.41) is 15.9. The summed E-state index contributed by atoms with van der Waals surface area (Å²) in [5.74, 6) is -0.354. The van der Waals surface area contributed by atoms with Gasteiger partial charge in [-0.2, -0.15) is 0 Å². The Morgan fingerprint density at radius 2 is 1.74 bits per heavy atom. The van der Waals surface area contributed by atoms with Gasteiger partial charge in [-0.25, -0.2) is 4.79 Å². The number of carbonyl (C=O) groups excluding carboxylic acids is 2. The lowest BCUT2D eigenvalue weighted by Gasteiger charge is -2.18. The lowest BCUT2D eigenvalue weighted by molar-refractivity contribution is -0.384. The second kappa shape index (κ2) is 9.91. The van der Waals surface area contributed by atoms with Crippen molar-refractivity contribution in [2.75, 3.05) is 6.54 Å². The molecule has 0 aliphatic rings. The molecule has 0 aliphatic heterocycles. The van der Waals surface area contributed by atoms with Crippen LogP contribution in [0.5, 0.6) is 0 Å². The third kappa shape index (κ3) is 6.43. The number of hydrogen-bond donors (Lipinski definition) is 2. The summed E-state index contributed by atoms with van der Waals surface area (Å²) in [6, 6.07) is 14.2. The predicted octanol–water partition coefficient (Wildman–Crippen LogP) is 2.57. The average Bonchev–Trinajstić information content (AvgIpc) is 2.67. The van der Waals surface area contributed by atoms with Gasteiger partial charge >= 0.3 is 6.09 Å². The zero-order valence-corrected chi connectivity index (χ0v) is 14.9. The molecule has 142 valence electrons. The third-order valence-electron chi connectivity index (χ3n) is 3.76. The first-order valence-corrected chi connectivity index (χ1v) is 8.48. The molecule has 27 heavy (non-hydrogen) atoms. The zero-order chi connectivity index (χ0) is 19.6. The van der Waals surface area contributed by atoms with E-state index in [2.05, 4.69) is 10.6 Å². The molecule has 2 aromatic carbocycles. The number of likely N-dealkylation sites (N-methyl/N-ethyl adjacent to an activating group) is 1. The van der Waals surface area contributed by atoms with Crippen LogP contribution in [0, 0.1) is 10.1 Å². The molecule has 8 heteroatoms. The van der Waals surface area contributed by atoms with Gasteiger partial charge in [0.2, 0.25) is 5.91 Å². The second-order valence-corrected chi connectivity index (χ2v) is 5.78. The van der Waals surface area contributed by atoms with Crippen molar-refractivity contribution in [2.45, 2.75) is 26.0 Å². The van der Waals surface area contributed by atoms with Crippen molar-refractivity contribution in [2.24, 2.45) is 0 Å². The summed E-state index contributed by atoms with van der Waals surface area (Å²) in [5.41, 5.74) is 1.47. The largest absolute Gasteiger partial charge is 0.445 e. The first-order chi connectivity index (χ1) is 13.0. The summed E-state index contributed by atoms with van der Waals surface area (Å²) in [6.45, 7) is 2.28. The number of nitro groups is 1. The molecule has 0 saturated heterocycles. The number of amides is 2. The molecule has 0 heterocycles. The third-order valence-corrected chi connectivity index (χ3v) is 3.76. The van der Waals surface area contributed by atoms with E-state index in [1.54, 1.807) is 19.1 Å². The van der Waals surface area contributed by atoms with Gasteiger partial charge in [-0.1, -0.05) is 42.5 Å². The van der Waals surface area contributed by atoms with Crippen LogP contribution in [0.15, 0.2) is 54.6 Å². The SMILES string of the molecule is CCNC(=O)C(Cc1ccc([N+](=O)[O-])cc1)NC(=O)OCc1ccccc1. The van der Waals surface area contributed by atoms with Crippen molar-refractivity contribution in [3.05, 3.63) is 75.8 Å². The lowest BCUT2D eigenvalue weighted by atomic mass is 10.0. The molecule has 2 amide bonds. The van der Waals surface area contributed by atoms with E-state index in [1.807, 2.05) is 30.3 Å². The van der Waals surface area contributed by atoms with E-state index < -0.39 is 17.1 Å². The summed E-state index contributed by atoms with van der Waals surface area (Å²) in [4.78, 5) is 34.5. The van der Waals surface area contributed by atoms with Gasteiger partial charge in [0.05, 0.1) is 4.92 Å². The first-order valence-electron chi connectivity index (χ1n) is 8.48. The van der Waals surface area contributed by atoms with Crippen LogP contribution in [0.4, 0.5) is 10.5 Å². The van der Waals surface area contributed by atoms with E-state index >= 15 is 0 Å². The molecule has 2 N–H and O–H groups in total. The number of nitrogens with one attached hydrogen (secondary N) is 2. The van der Waals surface area contributed by atoms with Crippen molar-refractivity contribution in [3.8, 4) is 0 Å². The van der Waals surface area contributed by atoms with E-state index in [1.165, 1.54) is 12.1 Å². The minimum absolute atomic E-state index is 0.0384. The van der Waals surface area contributed by atoms with Gasteiger partial charge < -0.3 is 15.4 Å². The molecule has 1 unspecified atom stereocenters. The number of nitrogens with zero attached hydrogens (tertiary/aromatic N) is 1. The molecule has 0 spiro atoms. The van der Waals surface area contributed by atoms with Crippen LogP contribution in [-0.2, 0) is 22.6 Å². The Hall–Kier alpha value is -3.42. The molecule has 0 fully saturated rings. The molecule has 0 aromatic heterocycles. The standard InChI is InChI=1S/C19H21N3O5/c1-2-20-18(23)17(12-14-8-10-16(11-9-14)22(25)26)21-19(24)27-13-15-6-4-3-5-7-15/h3-11,17H,2,12-13H2,1H3,(H,20,23)(H,21,24). The van der Waals surface area contributed by atoms with E-state index in [9.17, 15) is 19.7 Å². The number of benzene rings is 2. The van der Waals surface area contributed by atoms with Crippen LogP contribution >= 0.6 is 0 Å². The summed E-state index contributed by atoms with van der Waals surface area (Å²) in [7, 11) is 0. The molecule has 2 aromatic rings. The van der Waals surface area contributed by atoms with Gasteiger partial charge in [0.1, 0.15) is 12.6 Å². The minimum Gasteiger partial charge on any atom is -0.445 e. The van der Waals surface area contributed by atoms with Crippen molar-refractivity contribution in [3.63, 3.8) is 0 Å². The molecular formula is C19H21N3O5. The molecule has 0 bridgehead atoms. The van der Waals surface area contributed by atoms with Gasteiger partial charge in [0.25, 0.3) is 5.69 Å². The maximum atomic E-state index is 12.2. The Morgan fingerprint density at radius 3 is 2.33 bits per heavy atom. The maximum Gasteiger partial charge on any atom is 0.408 e. The Bertz CT molecular complexity index is 778. The Morgan fingerprint density at radius 1 is 1.07 bits per heavy atom.